The van der Waals surface area contributed by atoms with E-state index in [1.807, 2.05) is 24.3 Å². The van der Waals surface area contributed by atoms with Crippen molar-refractivity contribution in [2.24, 2.45) is 0 Å². The Morgan fingerprint density at radius 2 is 1.95 bits per heavy atom. The van der Waals surface area contributed by atoms with Crippen LogP contribution in [0.3, 0.4) is 0 Å². The van der Waals surface area contributed by atoms with Crippen LogP contribution in [-0.4, -0.2) is 7.11 Å². The Labute approximate surface area is 125 Å². The minimum atomic E-state index is -0.407. The highest BCUT2D eigenvalue weighted by Gasteiger charge is 2.15. The number of alkyl halides is 1. The maximum absolute atomic E-state index is 13.6. The Bertz CT molecular complexity index is 601. The summed E-state index contributed by atoms with van der Waals surface area (Å²) in [6.07, 6.45) is 0. The van der Waals surface area contributed by atoms with E-state index < -0.39 is 5.38 Å². The average Bonchev–Trinajstić information content (AvgIpc) is 2.41. The number of aryl methyl sites for hydroxylation is 1. The van der Waals surface area contributed by atoms with E-state index in [0.717, 1.165) is 21.3 Å². The fraction of sp³-hybridized carbons (Fsp3) is 0.200. The van der Waals surface area contributed by atoms with E-state index in [9.17, 15) is 4.39 Å². The van der Waals surface area contributed by atoms with Gasteiger partial charge in [-0.2, -0.15) is 0 Å². The van der Waals surface area contributed by atoms with Crippen molar-refractivity contribution < 1.29 is 9.13 Å². The van der Waals surface area contributed by atoms with Crippen molar-refractivity contribution in [3.05, 3.63) is 63.4 Å². The van der Waals surface area contributed by atoms with E-state index in [-0.39, 0.29) is 5.82 Å². The number of rotatable bonds is 3. The van der Waals surface area contributed by atoms with Crippen molar-refractivity contribution in [2.75, 3.05) is 7.11 Å². The Kier molecular flexibility index (Phi) is 4.48. The third-order valence-electron chi connectivity index (χ3n) is 2.97. The van der Waals surface area contributed by atoms with Crippen LogP contribution in [0.5, 0.6) is 5.75 Å². The standard InChI is InChI=1S/C15H13BrClFO/c1-9-3-4-10(7-14(9)18)15(17)12-6-5-11(19-2)8-13(12)16/h3-8,15H,1-2H3. The summed E-state index contributed by atoms with van der Waals surface area (Å²) in [5, 5.41) is -0.407. The second-order valence-electron chi connectivity index (χ2n) is 4.26. The summed E-state index contributed by atoms with van der Waals surface area (Å²) in [4.78, 5) is 0. The second-order valence-corrected chi connectivity index (χ2v) is 5.55. The second kappa shape index (κ2) is 5.93. The summed E-state index contributed by atoms with van der Waals surface area (Å²) in [6, 6.07) is 10.6. The van der Waals surface area contributed by atoms with Gasteiger partial charge >= 0.3 is 0 Å². The lowest BCUT2D eigenvalue weighted by Crippen LogP contribution is -1.97. The van der Waals surface area contributed by atoms with E-state index >= 15 is 0 Å². The van der Waals surface area contributed by atoms with Crippen molar-refractivity contribution in [3.63, 3.8) is 0 Å². The van der Waals surface area contributed by atoms with Crippen LogP contribution < -0.4 is 4.74 Å². The molecule has 2 aromatic rings. The van der Waals surface area contributed by atoms with Gasteiger partial charge in [0.1, 0.15) is 11.6 Å². The SMILES string of the molecule is COc1ccc(C(Cl)c2ccc(C)c(F)c2)c(Br)c1. The van der Waals surface area contributed by atoms with Crippen LogP contribution in [-0.2, 0) is 0 Å². The van der Waals surface area contributed by atoms with Gasteiger partial charge < -0.3 is 4.74 Å². The molecule has 0 bridgehead atoms. The maximum Gasteiger partial charge on any atom is 0.126 e. The molecule has 0 aromatic heterocycles. The van der Waals surface area contributed by atoms with Gasteiger partial charge in [-0.3, -0.25) is 0 Å². The monoisotopic (exact) mass is 342 g/mol. The van der Waals surface area contributed by atoms with Gasteiger partial charge in [0.2, 0.25) is 0 Å². The largest absolute Gasteiger partial charge is 0.497 e. The Morgan fingerprint density at radius 3 is 2.53 bits per heavy atom. The number of methoxy groups -OCH3 is 1. The van der Waals surface area contributed by atoms with Crippen LogP contribution >= 0.6 is 27.5 Å². The van der Waals surface area contributed by atoms with E-state index in [1.165, 1.54) is 6.07 Å². The Balaban J connectivity index is 2.38. The van der Waals surface area contributed by atoms with Gasteiger partial charge in [-0.15, -0.1) is 11.6 Å². The van der Waals surface area contributed by atoms with Crippen LogP contribution in [0.2, 0.25) is 0 Å². The first kappa shape index (κ1) is 14.4. The van der Waals surface area contributed by atoms with Crippen molar-refractivity contribution >= 4 is 27.5 Å². The smallest absolute Gasteiger partial charge is 0.126 e. The predicted molar refractivity (Wildman–Crippen MR) is 79.5 cm³/mol. The molecule has 0 N–H and O–H groups in total. The first-order chi connectivity index (χ1) is 9.02. The molecule has 0 amide bonds. The predicted octanol–water partition coefficient (Wildman–Crippen LogP) is 5.23. The van der Waals surface area contributed by atoms with Crippen LogP contribution in [0.15, 0.2) is 40.9 Å². The summed E-state index contributed by atoms with van der Waals surface area (Å²) >= 11 is 9.88. The molecule has 0 aliphatic heterocycles. The van der Waals surface area contributed by atoms with Crippen LogP contribution in [0.25, 0.3) is 0 Å². The van der Waals surface area contributed by atoms with Crippen molar-refractivity contribution in [2.45, 2.75) is 12.3 Å². The highest BCUT2D eigenvalue weighted by Crippen LogP contribution is 2.36. The normalized spacial score (nSPS) is 12.3. The first-order valence-electron chi connectivity index (χ1n) is 5.76. The van der Waals surface area contributed by atoms with Crippen molar-refractivity contribution in [1.82, 2.24) is 0 Å². The van der Waals surface area contributed by atoms with Gasteiger partial charge in [0.05, 0.1) is 12.5 Å². The third-order valence-corrected chi connectivity index (χ3v) is 4.14. The number of hydrogen-bond acceptors (Lipinski definition) is 1. The molecular formula is C15H13BrClFO. The number of benzene rings is 2. The van der Waals surface area contributed by atoms with Crippen LogP contribution in [0, 0.1) is 12.7 Å². The van der Waals surface area contributed by atoms with Crippen LogP contribution in [0.4, 0.5) is 4.39 Å². The van der Waals surface area contributed by atoms with Gasteiger partial charge in [-0.1, -0.05) is 34.1 Å². The zero-order valence-electron chi connectivity index (χ0n) is 10.6. The highest BCUT2D eigenvalue weighted by molar-refractivity contribution is 9.10. The number of hydrogen-bond donors (Lipinski definition) is 0. The number of halogens is 3. The lowest BCUT2D eigenvalue weighted by molar-refractivity contribution is 0.414. The average molecular weight is 344 g/mol. The molecule has 0 fully saturated rings. The summed E-state index contributed by atoms with van der Waals surface area (Å²) in [5.74, 6) is 0.502. The highest BCUT2D eigenvalue weighted by atomic mass is 79.9. The zero-order valence-corrected chi connectivity index (χ0v) is 12.9. The molecule has 2 rings (SSSR count). The molecule has 0 radical (unpaired) electrons. The van der Waals surface area contributed by atoms with E-state index in [2.05, 4.69) is 15.9 Å². The van der Waals surface area contributed by atoms with E-state index in [0.29, 0.717) is 5.56 Å². The maximum atomic E-state index is 13.6. The minimum Gasteiger partial charge on any atom is -0.497 e. The quantitative estimate of drug-likeness (QED) is 0.693. The molecule has 2 aromatic carbocycles. The molecule has 0 saturated heterocycles. The molecule has 4 heteroatoms. The van der Waals surface area contributed by atoms with Gasteiger partial charge in [0.15, 0.2) is 0 Å². The fourth-order valence-electron chi connectivity index (χ4n) is 1.79. The van der Waals surface area contributed by atoms with Crippen LogP contribution in [0.1, 0.15) is 22.1 Å². The van der Waals surface area contributed by atoms with Crippen molar-refractivity contribution in [1.29, 1.82) is 0 Å². The molecule has 0 aliphatic rings. The molecule has 0 heterocycles. The Hall–Kier alpha value is -1.06. The lowest BCUT2D eigenvalue weighted by atomic mass is 10.0. The summed E-state index contributed by atoms with van der Waals surface area (Å²) in [7, 11) is 1.61. The molecule has 1 atom stereocenters. The molecule has 0 spiro atoms. The number of ether oxygens (including phenoxy) is 1. The molecule has 0 aliphatic carbocycles. The molecule has 1 unspecified atom stereocenters. The van der Waals surface area contributed by atoms with Crippen molar-refractivity contribution in [3.8, 4) is 5.75 Å². The molecule has 1 nitrogen and oxygen atoms in total. The summed E-state index contributed by atoms with van der Waals surface area (Å²) in [5.41, 5.74) is 2.22. The lowest BCUT2D eigenvalue weighted by Gasteiger charge is -2.14. The van der Waals surface area contributed by atoms with Gasteiger partial charge in [-0.25, -0.2) is 4.39 Å². The zero-order chi connectivity index (χ0) is 14.0. The van der Waals surface area contributed by atoms with E-state index in [1.54, 1.807) is 20.1 Å². The van der Waals surface area contributed by atoms with Gasteiger partial charge in [0, 0.05) is 4.47 Å². The van der Waals surface area contributed by atoms with Gasteiger partial charge in [0.25, 0.3) is 0 Å². The summed E-state index contributed by atoms with van der Waals surface area (Å²) in [6.45, 7) is 1.73. The van der Waals surface area contributed by atoms with E-state index in [4.69, 9.17) is 16.3 Å². The summed E-state index contributed by atoms with van der Waals surface area (Å²) < 4.78 is 19.6. The molecule has 0 saturated carbocycles. The third kappa shape index (κ3) is 3.10. The topological polar surface area (TPSA) is 9.23 Å². The molecule has 19 heavy (non-hydrogen) atoms. The molecular weight excluding hydrogens is 331 g/mol. The minimum absolute atomic E-state index is 0.243. The molecule has 100 valence electrons. The fourth-order valence-corrected chi connectivity index (χ4v) is 2.83. The van der Waals surface area contributed by atoms with Gasteiger partial charge in [-0.05, 0) is 41.8 Å². The Morgan fingerprint density at radius 1 is 1.21 bits per heavy atom. The first-order valence-corrected chi connectivity index (χ1v) is 6.99.